The quantitative estimate of drug-likeness (QED) is 0.788. The highest BCUT2D eigenvalue weighted by molar-refractivity contribution is 6.22. The summed E-state index contributed by atoms with van der Waals surface area (Å²) in [6.07, 6.45) is 3.27. The van der Waals surface area contributed by atoms with E-state index in [0.717, 1.165) is 24.4 Å². The summed E-state index contributed by atoms with van der Waals surface area (Å²) in [5.74, 6) is -0.485. The summed E-state index contributed by atoms with van der Waals surface area (Å²) in [7, 11) is 0. The standard InChI is InChI=1S/C17H21N3O3/c21-15(19-9-7-12-4-3-8-18-10-12)11-20-16(22)13-5-1-2-6-14(13)17(20)23/h1-2,5-6,12,18H,3-4,7-11H2,(H,19,21). The van der Waals surface area contributed by atoms with Crippen molar-refractivity contribution in [1.29, 1.82) is 0 Å². The third-order valence-electron chi connectivity index (χ3n) is 4.45. The largest absolute Gasteiger partial charge is 0.355 e. The molecule has 2 N–H and O–H groups in total. The van der Waals surface area contributed by atoms with Crippen LogP contribution >= 0.6 is 0 Å². The van der Waals surface area contributed by atoms with Gasteiger partial charge in [-0.05, 0) is 50.4 Å². The van der Waals surface area contributed by atoms with Gasteiger partial charge >= 0.3 is 0 Å². The van der Waals surface area contributed by atoms with Crippen LogP contribution in [0.2, 0.25) is 0 Å². The molecule has 1 unspecified atom stereocenters. The highest BCUT2D eigenvalue weighted by Crippen LogP contribution is 2.21. The second-order valence-electron chi connectivity index (χ2n) is 6.09. The molecular formula is C17H21N3O3. The van der Waals surface area contributed by atoms with Crippen LogP contribution in [0.5, 0.6) is 0 Å². The van der Waals surface area contributed by atoms with Crippen molar-refractivity contribution in [2.24, 2.45) is 5.92 Å². The normalized spacial score (nSPS) is 20.5. The molecule has 1 saturated heterocycles. The van der Waals surface area contributed by atoms with Crippen LogP contribution in [0.25, 0.3) is 0 Å². The van der Waals surface area contributed by atoms with E-state index in [-0.39, 0.29) is 12.5 Å². The van der Waals surface area contributed by atoms with Gasteiger partial charge in [0.1, 0.15) is 6.54 Å². The number of nitrogens with zero attached hydrogens (tertiary/aromatic N) is 1. The minimum absolute atomic E-state index is 0.213. The fourth-order valence-electron chi connectivity index (χ4n) is 3.17. The molecule has 3 amide bonds. The molecule has 2 aliphatic rings. The molecule has 2 aliphatic heterocycles. The number of fused-ring (bicyclic) bond motifs is 1. The highest BCUT2D eigenvalue weighted by atomic mass is 16.2. The zero-order valence-electron chi connectivity index (χ0n) is 13.0. The number of piperidine rings is 1. The molecule has 1 fully saturated rings. The van der Waals surface area contributed by atoms with E-state index in [1.807, 2.05) is 0 Å². The first-order valence-corrected chi connectivity index (χ1v) is 8.09. The zero-order valence-corrected chi connectivity index (χ0v) is 13.0. The van der Waals surface area contributed by atoms with Gasteiger partial charge in [0.2, 0.25) is 5.91 Å². The van der Waals surface area contributed by atoms with Crippen molar-refractivity contribution in [2.75, 3.05) is 26.2 Å². The maximum absolute atomic E-state index is 12.2. The Kier molecular flexibility index (Phi) is 4.71. The lowest BCUT2D eigenvalue weighted by Crippen LogP contribution is -2.41. The third-order valence-corrected chi connectivity index (χ3v) is 4.45. The number of benzene rings is 1. The lowest BCUT2D eigenvalue weighted by atomic mass is 9.96. The summed E-state index contributed by atoms with van der Waals surface area (Å²) < 4.78 is 0. The SMILES string of the molecule is O=C(CN1C(=O)c2ccccc2C1=O)NCCC1CCCNC1. The van der Waals surface area contributed by atoms with Crippen molar-refractivity contribution < 1.29 is 14.4 Å². The van der Waals surface area contributed by atoms with Gasteiger partial charge in [0.15, 0.2) is 0 Å². The van der Waals surface area contributed by atoms with Crippen molar-refractivity contribution in [3.8, 4) is 0 Å². The van der Waals surface area contributed by atoms with E-state index >= 15 is 0 Å². The average molecular weight is 315 g/mol. The van der Waals surface area contributed by atoms with E-state index in [1.54, 1.807) is 24.3 Å². The van der Waals surface area contributed by atoms with Gasteiger partial charge in [0.25, 0.3) is 11.8 Å². The lowest BCUT2D eigenvalue weighted by Gasteiger charge is -2.22. The molecule has 2 heterocycles. The fourth-order valence-corrected chi connectivity index (χ4v) is 3.17. The van der Waals surface area contributed by atoms with Gasteiger partial charge in [-0.3, -0.25) is 19.3 Å². The minimum atomic E-state index is -0.391. The highest BCUT2D eigenvalue weighted by Gasteiger charge is 2.36. The molecule has 1 atom stereocenters. The first-order valence-electron chi connectivity index (χ1n) is 8.09. The smallest absolute Gasteiger partial charge is 0.262 e. The Morgan fingerprint density at radius 3 is 2.52 bits per heavy atom. The average Bonchev–Trinajstić information content (AvgIpc) is 2.81. The molecule has 0 aliphatic carbocycles. The van der Waals surface area contributed by atoms with Crippen LogP contribution in [0, 0.1) is 5.92 Å². The van der Waals surface area contributed by atoms with E-state index in [0.29, 0.717) is 23.6 Å². The molecule has 6 heteroatoms. The Labute approximate surface area is 135 Å². The summed E-state index contributed by atoms with van der Waals surface area (Å²) in [4.78, 5) is 37.4. The van der Waals surface area contributed by atoms with Crippen molar-refractivity contribution in [3.05, 3.63) is 35.4 Å². The van der Waals surface area contributed by atoms with Gasteiger partial charge in [-0.15, -0.1) is 0 Å². The van der Waals surface area contributed by atoms with Crippen LogP contribution in [0.3, 0.4) is 0 Å². The summed E-state index contributed by atoms with van der Waals surface area (Å²) in [6.45, 7) is 2.43. The van der Waals surface area contributed by atoms with Crippen molar-refractivity contribution >= 4 is 17.7 Å². The molecule has 1 aromatic carbocycles. The maximum atomic E-state index is 12.2. The predicted octanol–water partition coefficient (Wildman–Crippen LogP) is 0.788. The number of imide groups is 1. The van der Waals surface area contributed by atoms with E-state index in [4.69, 9.17) is 0 Å². The number of carbonyl (C=O) groups is 3. The molecule has 3 rings (SSSR count). The van der Waals surface area contributed by atoms with Gasteiger partial charge in [-0.2, -0.15) is 0 Å². The van der Waals surface area contributed by atoms with Crippen LogP contribution in [-0.4, -0.2) is 48.8 Å². The summed E-state index contributed by atoms with van der Waals surface area (Å²) in [5.41, 5.74) is 0.747. The molecule has 0 saturated carbocycles. The fraction of sp³-hybridized carbons (Fsp3) is 0.471. The van der Waals surface area contributed by atoms with Gasteiger partial charge in [0, 0.05) is 6.54 Å². The molecule has 23 heavy (non-hydrogen) atoms. The first kappa shape index (κ1) is 15.7. The van der Waals surface area contributed by atoms with Crippen LogP contribution in [0.1, 0.15) is 40.0 Å². The number of nitrogens with one attached hydrogen (secondary N) is 2. The monoisotopic (exact) mass is 315 g/mol. The van der Waals surface area contributed by atoms with E-state index in [9.17, 15) is 14.4 Å². The molecule has 122 valence electrons. The second-order valence-corrected chi connectivity index (χ2v) is 6.09. The van der Waals surface area contributed by atoms with Crippen molar-refractivity contribution in [3.63, 3.8) is 0 Å². The third kappa shape index (κ3) is 3.42. The van der Waals surface area contributed by atoms with Crippen LogP contribution < -0.4 is 10.6 Å². The topological polar surface area (TPSA) is 78.5 Å². The lowest BCUT2D eigenvalue weighted by molar-refractivity contribution is -0.121. The maximum Gasteiger partial charge on any atom is 0.262 e. The molecule has 0 radical (unpaired) electrons. The van der Waals surface area contributed by atoms with Crippen LogP contribution in [0.15, 0.2) is 24.3 Å². The summed E-state index contributed by atoms with van der Waals surface area (Å²) >= 11 is 0. The Hall–Kier alpha value is -2.21. The van der Waals surface area contributed by atoms with Gasteiger partial charge in [-0.25, -0.2) is 0 Å². The molecule has 0 spiro atoms. The van der Waals surface area contributed by atoms with E-state index < -0.39 is 11.8 Å². The molecule has 0 bridgehead atoms. The van der Waals surface area contributed by atoms with Gasteiger partial charge in [-0.1, -0.05) is 12.1 Å². The number of rotatable bonds is 5. The summed E-state index contributed by atoms with van der Waals surface area (Å²) in [6, 6.07) is 6.66. The zero-order chi connectivity index (χ0) is 16.2. The number of amides is 3. The molecule has 1 aromatic rings. The number of hydrogen-bond donors (Lipinski definition) is 2. The molecule has 6 nitrogen and oxygen atoms in total. The van der Waals surface area contributed by atoms with Crippen LogP contribution in [0.4, 0.5) is 0 Å². The predicted molar refractivity (Wildman–Crippen MR) is 85.0 cm³/mol. The van der Waals surface area contributed by atoms with Crippen molar-refractivity contribution in [1.82, 2.24) is 15.5 Å². The second kappa shape index (κ2) is 6.91. The Morgan fingerprint density at radius 1 is 1.22 bits per heavy atom. The minimum Gasteiger partial charge on any atom is -0.355 e. The molecular weight excluding hydrogens is 294 g/mol. The number of carbonyl (C=O) groups excluding carboxylic acids is 3. The van der Waals surface area contributed by atoms with Gasteiger partial charge < -0.3 is 10.6 Å². The van der Waals surface area contributed by atoms with Gasteiger partial charge in [0.05, 0.1) is 11.1 Å². The Bertz CT molecular complexity index is 588. The summed E-state index contributed by atoms with van der Waals surface area (Å²) in [5, 5.41) is 6.16. The number of hydrogen-bond acceptors (Lipinski definition) is 4. The molecule has 0 aromatic heterocycles. The van der Waals surface area contributed by atoms with E-state index in [1.165, 1.54) is 12.8 Å². The van der Waals surface area contributed by atoms with Crippen molar-refractivity contribution in [2.45, 2.75) is 19.3 Å². The Morgan fingerprint density at radius 2 is 1.91 bits per heavy atom. The first-order chi connectivity index (χ1) is 11.2. The van der Waals surface area contributed by atoms with Crippen LogP contribution in [-0.2, 0) is 4.79 Å². The Balaban J connectivity index is 1.49. The van der Waals surface area contributed by atoms with E-state index in [2.05, 4.69) is 10.6 Å².